The van der Waals surface area contributed by atoms with Gasteiger partial charge in [0.1, 0.15) is 11.7 Å². The Morgan fingerprint density at radius 3 is 2.64 bits per heavy atom. The molecule has 2 saturated heterocycles. The fourth-order valence-corrected chi connectivity index (χ4v) is 4.45. The van der Waals surface area contributed by atoms with E-state index in [2.05, 4.69) is 28.2 Å². The van der Waals surface area contributed by atoms with Crippen LogP contribution in [-0.2, 0) is 10.5 Å². The number of benzene rings is 2. The Kier molecular flexibility index (Phi) is 5.52. The van der Waals surface area contributed by atoms with Gasteiger partial charge in [-0.3, -0.25) is 5.32 Å². The van der Waals surface area contributed by atoms with Gasteiger partial charge < -0.3 is 10.1 Å². The predicted molar refractivity (Wildman–Crippen MR) is 107 cm³/mol. The first-order valence-electron chi connectivity index (χ1n) is 9.09. The number of rotatable bonds is 5. The number of thioether (sulfide) groups is 1. The summed E-state index contributed by atoms with van der Waals surface area (Å²) in [5.74, 6) is 0.547. The van der Waals surface area contributed by atoms with Gasteiger partial charge in [0, 0.05) is 18.2 Å². The molecule has 28 heavy (non-hydrogen) atoms. The van der Waals surface area contributed by atoms with Gasteiger partial charge in [-0.05, 0) is 23.3 Å². The molecule has 3 N–H and O–H groups in total. The third-order valence-corrected chi connectivity index (χ3v) is 6.04. The van der Waals surface area contributed by atoms with E-state index in [4.69, 9.17) is 4.74 Å². The lowest BCUT2D eigenvalue weighted by atomic mass is 9.97. The highest BCUT2D eigenvalue weighted by Gasteiger charge is 2.43. The van der Waals surface area contributed by atoms with Gasteiger partial charge in [-0.25, -0.2) is 20.0 Å². The van der Waals surface area contributed by atoms with E-state index in [1.165, 1.54) is 12.7 Å². The minimum absolute atomic E-state index is 0.102. The standard InChI is InChI=1S/C20H22N4O3S/c1-27-18(25)15-9-7-13(8-10-15)12-28-19-22-17-16(14-5-3-2-4-6-14)11-21-24(17)20(26)23-19/h2-10,16-17,19,21-22H,11-12H2,1H3,(H,23,26). The van der Waals surface area contributed by atoms with Crippen LogP contribution < -0.4 is 16.1 Å². The molecule has 0 aromatic heterocycles. The smallest absolute Gasteiger partial charge is 0.337 e. The zero-order chi connectivity index (χ0) is 19.5. The van der Waals surface area contributed by atoms with E-state index in [0.29, 0.717) is 17.9 Å². The van der Waals surface area contributed by atoms with Crippen LogP contribution in [0.15, 0.2) is 54.6 Å². The molecule has 3 unspecified atom stereocenters. The molecule has 0 radical (unpaired) electrons. The Labute approximate surface area is 167 Å². The molecule has 2 amide bonds. The minimum Gasteiger partial charge on any atom is -0.465 e. The summed E-state index contributed by atoms with van der Waals surface area (Å²) in [7, 11) is 1.37. The lowest BCUT2D eigenvalue weighted by molar-refractivity contribution is 0.0600. The molecule has 8 heteroatoms. The third kappa shape index (κ3) is 3.84. The van der Waals surface area contributed by atoms with Crippen molar-refractivity contribution in [3.8, 4) is 0 Å². The number of carbonyl (C=O) groups excluding carboxylic acids is 2. The number of methoxy groups -OCH3 is 1. The van der Waals surface area contributed by atoms with Gasteiger partial charge in [0.05, 0.1) is 12.7 Å². The van der Waals surface area contributed by atoms with Crippen molar-refractivity contribution < 1.29 is 14.3 Å². The van der Waals surface area contributed by atoms with Gasteiger partial charge in [-0.1, -0.05) is 42.5 Å². The van der Waals surface area contributed by atoms with E-state index in [1.54, 1.807) is 28.9 Å². The fourth-order valence-electron chi connectivity index (χ4n) is 3.48. The maximum absolute atomic E-state index is 12.5. The normalized spacial score (nSPS) is 23.8. The number of fused-ring (bicyclic) bond motifs is 1. The third-order valence-electron chi connectivity index (χ3n) is 4.96. The second-order valence-electron chi connectivity index (χ2n) is 6.69. The topological polar surface area (TPSA) is 82.7 Å². The number of nitrogens with one attached hydrogen (secondary N) is 3. The Morgan fingerprint density at radius 1 is 1.18 bits per heavy atom. The lowest BCUT2D eigenvalue weighted by Gasteiger charge is -2.37. The minimum atomic E-state index is -0.346. The summed E-state index contributed by atoms with van der Waals surface area (Å²) >= 11 is 1.61. The zero-order valence-corrected chi connectivity index (χ0v) is 16.2. The first kappa shape index (κ1) is 18.8. The number of esters is 1. The zero-order valence-electron chi connectivity index (χ0n) is 15.4. The first-order valence-corrected chi connectivity index (χ1v) is 10.1. The molecule has 146 valence electrons. The van der Waals surface area contributed by atoms with Gasteiger partial charge in [0.2, 0.25) is 0 Å². The molecule has 3 atom stereocenters. The predicted octanol–water partition coefficient (Wildman–Crippen LogP) is 2.23. The average Bonchev–Trinajstić information content (AvgIpc) is 3.17. The Morgan fingerprint density at radius 2 is 1.93 bits per heavy atom. The summed E-state index contributed by atoms with van der Waals surface area (Å²) in [4.78, 5) is 24.0. The monoisotopic (exact) mass is 398 g/mol. The highest BCUT2D eigenvalue weighted by molar-refractivity contribution is 7.99. The summed E-state index contributed by atoms with van der Waals surface area (Å²) in [6.45, 7) is 0.710. The molecule has 2 aliphatic rings. The second-order valence-corrected chi connectivity index (χ2v) is 7.78. The molecular weight excluding hydrogens is 376 g/mol. The molecular formula is C20H22N4O3S. The highest BCUT2D eigenvalue weighted by Crippen LogP contribution is 2.29. The van der Waals surface area contributed by atoms with E-state index >= 15 is 0 Å². The number of carbonyl (C=O) groups is 2. The molecule has 0 spiro atoms. The lowest BCUT2D eigenvalue weighted by Crippen LogP contribution is -2.65. The maximum atomic E-state index is 12.5. The number of ether oxygens (including phenoxy) is 1. The second kappa shape index (κ2) is 8.22. The van der Waals surface area contributed by atoms with Gasteiger partial charge in [-0.2, -0.15) is 0 Å². The first-order chi connectivity index (χ1) is 13.7. The Hall–Kier alpha value is -2.55. The fraction of sp³-hybridized carbons (Fsp3) is 0.300. The van der Waals surface area contributed by atoms with E-state index in [-0.39, 0.29) is 29.6 Å². The maximum Gasteiger partial charge on any atom is 0.337 e. The van der Waals surface area contributed by atoms with Gasteiger partial charge >= 0.3 is 12.0 Å². The van der Waals surface area contributed by atoms with Crippen LogP contribution in [0, 0.1) is 0 Å². The van der Waals surface area contributed by atoms with Crippen LogP contribution in [0.5, 0.6) is 0 Å². The number of nitrogens with zero attached hydrogens (tertiary/aromatic N) is 1. The largest absolute Gasteiger partial charge is 0.465 e. The van der Waals surface area contributed by atoms with Crippen molar-refractivity contribution in [3.63, 3.8) is 0 Å². The van der Waals surface area contributed by atoms with Crippen LogP contribution in [0.2, 0.25) is 0 Å². The number of hydrogen-bond acceptors (Lipinski definition) is 6. The molecule has 2 aromatic carbocycles. The summed E-state index contributed by atoms with van der Waals surface area (Å²) in [5, 5.41) is 8.13. The van der Waals surface area contributed by atoms with Crippen LogP contribution in [0.3, 0.4) is 0 Å². The van der Waals surface area contributed by atoms with Crippen LogP contribution >= 0.6 is 11.8 Å². The number of hydrogen-bond donors (Lipinski definition) is 3. The molecule has 2 aromatic rings. The molecule has 2 heterocycles. The van der Waals surface area contributed by atoms with Crippen LogP contribution in [0.4, 0.5) is 4.79 Å². The van der Waals surface area contributed by atoms with E-state index in [0.717, 1.165) is 5.56 Å². The van der Waals surface area contributed by atoms with Crippen molar-refractivity contribution in [1.29, 1.82) is 0 Å². The van der Waals surface area contributed by atoms with Gasteiger partial charge in [0.25, 0.3) is 0 Å². The van der Waals surface area contributed by atoms with Gasteiger partial charge in [0.15, 0.2) is 0 Å². The molecule has 4 rings (SSSR count). The number of urea groups is 1. The van der Waals surface area contributed by atoms with Crippen LogP contribution in [-0.4, -0.2) is 42.3 Å². The molecule has 2 aliphatic heterocycles. The van der Waals surface area contributed by atoms with Crippen molar-refractivity contribution in [1.82, 2.24) is 21.1 Å². The molecule has 0 saturated carbocycles. The van der Waals surface area contributed by atoms with Crippen molar-refractivity contribution in [2.75, 3.05) is 13.7 Å². The number of amides is 2. The average molecular weight is 398 g/mol. The summed E-state index contributed by atoms with van der Waals surface area (Å²) < 4.78 is 4.72. The van der Waals surface area contributed by atoms with Gasteiger partial charge in [-0.15, -0.1) is 11.8 Å². The van der Waals surface area contributed by atoms with E-state index in [1.807, 2.05) is 30.3 Å². The summed E-state index contributed by atoms with van der Waals surface area (Å²) in [5.41, 5.74) is 5.78. The van der Waals surface area contributed by atoms with Crippen molar-refractivity contribution in [2.24, 2.45) is 0 Å². The van der Waals surface area contributed by atoms with Crippen LogP contribution in [0.25, 0.3) is 0 Å². The van der Waals surface area contributed by atoms with Crippen LogP contribution in [0.1, 0.15) is 27.4 Å². The SMILES string of the molecule is COC(=O)c1ccc(CSC2NC(=O)N3NCC(c4ccccc4)C3N2)cc1. The highest BCUT2D eigenvalue weighted by atomic mass is 32.2. The van der Waals surface area contributed by atoms with Crippen molar-refractivity contribution >= 4 is 23.8 Å². The van der Waals surface area contributed by atoms with Crippen molar-refractivity contribution in [3.05, 3.63) is 71.3 Å². The quantitative estimate of drug-likeness (QED) is 0.670. The van der Waals surface area contributed by atoms with Crippen molar-refractivity contribution in [2.45, 2.75) is 23.3 Å². The summed E-state index contributed by atoms with van der Waals surface area (Å²) in [6.07, 6.45) is -0.102. The molecule has 7 nitrogen and oxygen atoms in total. The Bertz CT molecular complexity index is 846. The molecule has 2 fully saturated rings. The molecule has 0 aliphatic carbocycles. The van der Waals surface area contributed by atoms with E-state index < -0.39 is 0 Å². The molecule has 0 bridgehead atoms. The number of hydrazine groups is 1. The van der Waals surface area contributed by atoms with E-state index in [9.17, 15) is 9.59 Å². The summed E-state index contributed by atoms with van der Waals surface area (Å²) in [6, 6.07) is 17.4. The Balaban J connectivity index is 1.39.